The van der Waals surface area contributed by atoms with Crippen LogP contribution < -0.4 is 4.74 Å². The lowest BCUT2D eigenvalue weighted by Gasteiger charge is -2.01. The van der Waals surface area contributed by atoms with Gasteiger partial charge in [0.2, 0.25) is 11.7 Å². The van der Waals surface area contributed by atoms with Gasteiger partial charge in [-0.15, -0.1) is 0 Å². The minimum Gasteiger partial charge on any atom is -0.479 e. The summed E-state index contributed by atoms with van der Waals surface area (Å²) in [6, 6.07) is 0. The van der Waals surface area contributed by atoms with E-state index in [2.05, 4.69) is 9.97 Å². The average Bonchev–Trinajstić information content (AvgIpc) is 2.16. The summed E-state index contributed by atoms with van der Waals surface area (Å²) in [4.78, 5) is 19.4. The molecular formula is C10H12N2O2. The number of aromatic nitrogens is 2. The van der Waals surface area contributed by atoms with E-state index >= 15 is 0 Å². The lowest BCUT2D eigenvalue weighted by atomic mass is 10.2. The number of nitrogens with zero attached hydrogens (tertiary/aromatic N) is 2. The summed E-state index contributed by atoms with van der Waals surface area (Å²) in [6.07, 6.45) is 4.46. The van der Waals surface area contributed by atoms with Crippen LogP contribution in [-0.2, 0) is 0 Å². The number of carbonyl (C=O) groups excluding carboxylic acids is 1. The maximum Gasteiger partial charge on any atom is 0.243 e. The van der Waals surface area contributed by atoms with Gasteiger partial charge < -0.3 is 4.74 Å². The van der Waals surface area contributed by atoms with E-state index in [1.54, 1.807) is 0 Å². The smallest absolute Gasteiger partial charge is 0.243 e. The highest BCUT2D eigenvalue weighted by Gasteiger charge is 2.11. The Labute approximate surface area is 82.6 Å². The van der Waals surface area contributed by atoms with Crippen molar-refractivity contribution in [1.29, 1.82) is 0 Å². The van der Waals surface area contributed by atoms with Gasteiger partial charge in [0.25, 0.3) is 0 Å². The van der Waals surface area contributed by atoms with E-state index in [0.717, 1.165) is 5.57 Å². The first kappa shape index (κ1) is 10.4. The van der Waals surface area contributed by atoms with E-state index in [9.17, 15) is 4.79 Å². The first-order valence-corrected chi connectivity index (χ1v) is 4.19. The number of methoxy groups -OCH3 is 1. The van der Waals surface area contributed by atoms with Gasteiger partial charge in [0.05, 0.1) is 7.11 Å². The van der Waals surface area contributed by atoms with Crippen LogP contribution in [0.2, 0.25) is 0 Å². The highest BCUT2D eigenvalue weighted by atomic mass is 16.5. The molecular weight excluding hydrogens is 180 g/mol. The van der Waals surface area contributed by atoms with Crippen molar-refractivity contribution < 1.29 is 9.53 Å². The maximum atomic E-state index is 11.6. The third-order valence-corrected chi connectivity index (χ3v) is 1.51. The molecule has 0 aliphatic rings. The number of ketones is 1. The fraction of sp³-hybridized carbons (Fsp3) is 0.300. The fourth-order valence-corrected chi connectivity index (χ4v) is 0.974. The topological polar surface area (TPSA) is 52.1 Å². The van der Waals surface area contributed by atoms with Gasteiger partial charge in [-0.3, -0.25) is 4.79 Å². The predicted octanol–water partition coefficient (Wildman–Crippen LogP) is 1.63. The van der Waals surface area contributed by atoms with Crippen molar-refractivity contribution in [2.24, 2.45) is 0 Å². The second kappa shape index (κ2) is 4.50. The number of ether oxygens (including phenoxy) is 1. The molecule has 1 heterocycles. The van der Waals surface area contributed by atoms with Gasteiger partial charge in [0, 0.05) is 12.4 Å². The molecule has 0 spiro atoms. The van der Waals surface area contributed by atoms with Crippen molar-refractivity contribution in [3.63, 3.8) is 0 Å². The summed E-state index contributed by atoms with van der Waals surface area (Å²) in [5, 5.41) is 0. The Kier molecular flexibility index (Phi) is 3.34. The first-order chi connectivity index (χ1) is 6.65. The van der Waals surface area contributed by atoms with Gasteiger partial charge in [0.1, 0.15) is 0 Å². The van der Waals surface area contributed by atoms with Gasteiger partial charge in [-0.1, -0.05) is 5.57 Å². The van der Waals surface area contributed by atoms with Crippen LogP contribution in [0.5, 0.6) is 5.88 Å². The SMILES string of the molecule is COc1nccnc1C(=O)C=C(C)C. The van der Waals surface area contributed by atoms with Gasteiger partial charge in [0.15, 0.2) is 5.69 Å². The molecule has 4 nitrogen and oxygen atoms in total. The van der Waals surface area contributed by atoms with Gasteiger partial charge >= 0.3 is 0 Å². The molecule has 0 N–H and O–H groups in total. The standard InChI is InChI=1S/C10H12N2O2/c1-7(2)6-8(13)9-10(14-3)12-5-4-11-9/h4-6H,1-3H3. The summed E-state index contributed by atoms with van der Waals surface area (Å²) in [7, 11) is 1.46. The van der Waals surface area contributed by atoms with Crippen molar-refractivity contribution in [2.75, 3.05) is 7.11 Å². The monoisotopic (exact) mass is 192 g/mol. The Hall–Kier alpha value is -1.71. The Morgan fingerprint density at radius 2 is 2.00 bits per heavy atom. The van der Waals surface area contributed by atoms with Gasteiger partial charge in [-0.05, 0) is 19.9 Å². The fourth-order valence-electron chi connectivity index (χ4n) is 0.974. The van der Waals surface area contributed by atoms with Crippen molar-refractivity contribution in [3.8, 4) is 5.88 Å². The Bertz CT molecular complexity index is 368. The molecule has 1 aromatic heterocycles. The van der Waals surface area contributed by atoms with Crippen LogP contribution >= 0.6 is 0 Å². The summed E-state index contributed by atoms with van der Waals surface area (Å²) in [5.74, 6) is 0.0740. The molecule has 0 radical (unpaired) electrons. The lowest BCUT2D eigenvalue weighted by Crippen LogP contribution is -2.04. The molecule has 0 unspecified atom stereocenters. The zero-order chi connectivity index (χ0) is 10.6. The van der Waals surface area contributed by atoms with E-state index in [4.69, 9.17) is 4.74 Å². The molecule has 0 atom stereocenters. The number of allylic oxidation sites excluding steroid dienone is 2. The van der Waals surface area contributed by atoms with Crippen LogP contribution in [0.15, 0.2) is 24.0 Å². The molecule has 1 aromatic rings. The van der Waals surface area contributed by atoms with Crippen LogP contribution in [0.4, 0.5) is 0 Å². The third-order valence-electron chi connectivity index (χ3n) is 1.51. The molecule has 0 amide bonds. The van der Waals surface area contributed by atoms with E-state index < -0.39 is 0 Å². The van der Waals surface area contributed by atoms with Crippen molar-refractivity contribution >= 4 is 5.78 Å². The summed E-state index contributed by atoms with van der Waals surface area (Å²) >= 11 is 0. The predicted molar refractivity (Wildman–Crippen MR) is 52.3 cm³/mol. The molecule has 0 aromatic carbocycles. The molecule has 74 valence electrons. The van der Waals surface area contributed by atoms with Crippen molar-refractivity contribution in [2.45, 2.75) is 13.8 Å². The molecule has 0 saturated carbocycles. The number of rotatable bonds is 3. The van der Waals surface area contributed by atoms with Crippen LogP contribution in [0, 0.1) is 0 Å². The van der Waals surface area contributed by atoms with E-state index in [-0.39, 0.29) is 17.4 Å². The molecule has 0 bridgehead atoms. The first-order valence-electron chi connectivity index (χ1n) is 4.19. The van der Waals surface area contributed by atoms with Crippen LogP contribution in [0.1, 0.15) is 24.3 Å². The number of hydrogen-bond donors (Lipinski definition) is 0. The lowest BCUT2D eigenvalue weighted by molar-refractivity contribution is 0.103. The second-order valence-corrected chi connectivity index (χ2v) is 3.00. The van der Waals surface area contributed by atoms with Gasteiger partial charge in [-0.2, -0.15) is 0 Å². The minimum atomic E-state index is -0.185. The molecule has 4 heteroatoms. The van der Waals surface area contributed by atoms with Crippen LogP contribution in [0.3, 0.4) is 0 Å². The molecule has 1 rings (SSSR count). The quantitative estimate of drug-likeness (QED) is 0.539. The number of hydrogen-bond acceptors (Lipinski definition) is 4. The molecule has 0 aliphatic carbocycles. The largest absolute Gasteiger partial charge is 0.479 e. The van der Waals surface area contributed by atoms with Crippen molar-refractivity contribution in [1.82, 2.24) is 9.97 Å². The molecule has 0 aliphatic heterocycles. The summed E-state index contributed by atoms with van der Waals surface area (Å²) in [6.45, 7) is 3.70. The average molecular weight is 192 g/mol. The zero-order valence-corrected chi connectivity index (χ0v) is 8.44. The van der Waals surface area contributed by atoms with Crippen LogP contribution in [-0.4, -0.2) is 22.9 Å². The Morgan fingerprint density at radius 3 is 2.57 bits per heavy atom. The zero-order valence-electron chi connectivity index (χ0n) is 8.44. The van der Waals surface area contributed by atoms with E-state index in [1.807, 2.05) is 13.8 Å². The molecule has 14 heavy (non-hydrogen) atoms. The van der Waals surface area contributed by atoms with E-state index in [1.165, 1.54) is 25.6 Å². The highest BCUT2D eigenvalue weighted by Crippen LogP contribution is 2.12. The second-order valence-electron chi connectivity index (χ2n) is 3.00. The Morgan fingerprint density at radius 1 is 1.36 bits per heavy atom. The highest BCUT2D eigenvalue weighted by molar-refractivity contribution is 6.04. The van der Waals surface area contributed by atoms with E-state index in [0.29, 0.717) is 0 Å². The van der Waals surface area contributed by atoms with Crippen molar-refractivity contribution in [3.05, 3.63) is 29.7 Å². The van der Waals surface area contributed by atoms with Gasteiger partial charge in [-0.25, -0.2) is 9.97 Å². The molecule has 0 saturated heterocycles. The third kappa shape index (κ3) is 2.39. The molecule has 0 fully saturated rings. The summed E-state index contributed by atoms with van der Waals surface area (Å²) < 4.78 is 4.92. The Balaban J connectivity index is 3.06. The summed E-state index contributed by atoms with van der Waals surface area (Å²) in [5.41, 5.74) is 1.17. The number of carbonyl (C=O) groups is 1. The normalized spacial score (nSPS) is 9.36. The van der Waals surface area contributed by atoms with Crippen LogP contribution in [0.25, 0.3) is 0 Å². The maximum absolute atomic E-state index is 11.6. The minimum absolute atomic E-state index is 0.185.